The highest BCUT2D eigenvalue weighted by Gasteiger charge is 2.42. The highest BCUT2D eigenvalue weighted by Crippen LogP contribution is 2.33. The number of hydrogen-bond acceptors (Lipinski definition) is 6. The molecule has 0 spiro atoms. The van der Waals surface area contributed by atoms with Gasteiger partial charge in [-0.05, 0) is 30.2 Å². The van der Waals surface area contributed by atoms with E-state index in [1.807, 2.05) is 0 Å². The Kier molecular flexibility index (Phi) is 7.48. The summed E-state index contributed by atoms with van der Waals surface area (Å²) in [7, 11) is -3.71. The Labute approximate surface area is 192 Å². The van der Waals surface area contributed by atoms with E-state index in [0.717, 1.165) is 28.8 Å². The summed E-state index contributed by atoms with van der Waals surface area (Å²) in [6, 6.07) is 8.66. The summed E-state index contributed by atoms with van der Waals surface area (Å²) in [6.45, 7) is -0.178. The summed E-state index contributed by atoms with van der Waals surface area (Å²) < 4.78 is 101. The van der Waals surface area contributed by atoms with Crippen molar-refractivity contribution in [2.45, 2.75) is 30.8 Å². The number of benzene rings is 2. The molecule has 0 aromatic heterocycles. The van der Waals surface area contributed by atoms with Gasteiger partial charge in [0.1, 0.15) is 11.9 Å². The Balaban J connectivity index is 1.84. The van der Waals surface area contributed by atoms with Crippen molar-refractivity contribution in [1.29, 1.82) is 0 Å². The van der Waals surface area contributed by atoms with Gasteiger partial charge in [-0.3, -0.25) is 5.73 Å². The first-order chi connectivity index (χ1) is 15.8. The molecular weight excluding hydrogens is 487 g/mol. The molecule has 3 atom stereocenters. The van der Waals surface area contributed by atoms with Crippen LogP contribution in [0.15, 0.2) is 42.5 Å². The van der Waals surface area contributed by atoms with Crippen LogP contribution in [0.5, 0.6) is 5.75 Å². The van der Waals surface area contributed by atoms with Crippen molar-refractivity contribution in [3.05, 3.63) is 65.2 Å². The molecule has 1 fully saturated rings. The topological polar surface area (TPSA) is 98.9 Å². The number of esters is 1. The second-order valence-corrected chi connectivity index (χ2v) is 9.77. The number of piperidine rings is 1. The zero-order valence-corrected chi connectivity index (χ0v) is 18.6. The van der Waals surface area contributed by atoms with Crippen molar-refractivity contribution < 1.29 is 44.6 Å². The number of sulfonamides is 1. The predicted molar refractivity (Wildman–Crippen MR) is 110 cm³/mol. The number of nitrogens with zero attached hydrogens (tertiary/aromatic N) is 1. The van der Waals surface area contributed by atoms with Gasteiger partial charge in [-0.25, -0.2) is 22.0 Å². The van der Waals surface area contributed by atoms with E-state index in [1.165, 1.54) is 18.2 Å². The highest BCUT2D eigenvalue weighted by molar-refractivity contribution is 7.88. The highest BCUT2D eigenvalue weighted by atomic mass is 32.2. The lowest BCUT2D eigenvalue weighted by molar-refractivity contribution is -0.205. The zero-order valence-electron chi connectivity index (χ0n) is 17.8. The molecule has 0 amide bonds. The molecule has 1 saturated heterocycles. The van der Waals surface area contributed by atoms with E-state index in [1.54, 1.807) is 6.07 Å². The largest absolute Gasteiger partial charge is 0.490 e. The molecule has 2 N–H and O–H groups in total. The average molecular weight is 508 g/mol. The Bertz CT molecular complexity index is 1160. The maximum Gasteiger partial charge on any atom is 0.490 e. The molecule has 0 saturated carbocycles. The Hall–Kier alpha value is -2.77. The quantitative estimate of drug-likeness (QED) is 0.366. The van der Waals surface area contributed by atoms with Gasteiger partial charge in [0.2, 0.25) is 10.0 Å². The predicted octanol–water partition coefficient (Wildman–Crippen LogP) is 3.22. The molecule has 0 bridgehead atoms. The van der Waals surface area contributed by atoms with Crippen molar-refractivity contribution in [2.24, 2.45) is 5.73 Å². The molecule has 0 radical (unpaired) electrons. The number of carbonyl (C=O) groups is 1. The summed E-state index contributed by atoms with van der Waals surface area (Å²) >= 11 is 0. The van der Waals surface area contributed by atoms with E-state index in [2.05, 4.69) is 4.74 Å². The van der Waals surface area contributed by atoms with Gasteiger partial charge in [0.05, 0.1) is 12.8 Å². The van der Waals surface area contributed by atoms with Crippen LogP contribution in [-0.4, -0.2) is 50.3 Å². The van der Waals surface area contributed by atoms with Crippen molar-refractivity contribution in [1.82, 2.24) is 4.31 Å². The molecule has 7 nitrogen and oxygen atoms in total. The zero-order chi connectivity index (χ0) is 25.3. The van der Waals surface area contributed by atoms with E-state index in [4.69, 9.17) is 10.5 Å². The van der Waals surface area contributed by atoms with Crippen LogP contribution < -0.4 is 10.5 Å². The second kappa shape index (κ2) is 9.84. The summed E-state index contributed by atoms with van der Waals surface area (Å²) in [5.74, 6) is -5.00. The van der Waals surface area contributed by atoms with E-state index in [-0.39, 0.29) is 30.6 Å². The third-order valence-electron chi connectivity index (χ3n) is 5.24. The second-order valence-electron chi connectivity index (χ2n) is 7.79. The number of nitrogens with two attached hydrogens (primary N) is 1. The monoisotopic (exact) mass is 508 g/mol. The van der Waals surface area contributed by atoms with Crippen LogP contribution in [0.4, 0.5) is 22.0 Å². The molecule has 2 aromatic carbocycles. The molecule has 3 rings (SSSR count). The van der Waals surface area contributed by atoms with Crippen molar-refractivity contribution in [3.63, 3.8) is 0 Å². The minimum Gasteiger partial charge on any atom is -0.486 e. The third kappa shape index (κ3) is 6.21. The van der Waals surface area contributed by atoms with Gasteiger partial charge in [-0.15, -0.1) is 0 Å². The molecule has 1 heterocycles. The van der Waals surface area contributed by atoms with Crippen LogP contribution in [0.3, 0.4) is 0 Å². The number of carbonyl (C=O) groups excluding carboxylic acids is 1. The smallest absolute Gasteiger partial charge is 0.486 e. The average Bonchev–Trinajstić information content (AvgIpc) is 2.74. The first kappa shape index (κ1) is 25.8. The minimum absolute atomic E-state index is 0.0135. The normalized spacial score (nSPS) is 20.6. The van der Waals surface area contributed by atoms with Crippen LogP contribution in [0.2, 0.25) is 0 Å². The summed E-state index contributed by atoms with van der Waals surface area (Å²) in [4.78, 5) is 11.0. The van der Waals surface area contributed by atoms with Gasteiger partial charge in [-0.1, -0.05) is 24.3 Å². The molecule has 13 heteroatoms. The minimum atomic E-state index is -5.27. The third-order valence-corrected chi connectivity index (χ3v) is 6.47. The Morgan fingerprint density at radius 2 is 1.79 bits per heavy atom. The van der Waals surface area contributed by atoms with E-state index in [0.29, 0.717) is 0 Å². The molecule has 2 aromatic rings. The fraction of sp³-hybridized carbons (Fsp3) is 0.381. The standard InChI is InChI=1S/C21H21F5N2O5S/c1-34(30,31)28-10-13(15-4-2-3-5-16(15)22)8-14(11-28)32-18-9-12(6-7-17(18)23)19(27)33-20(29)21(24,25)26/h2-7,9,13-14,19H,8,10-11,27H2,1H3/t13-,14+,19?/m0/s1. The molecular formula is C21H21F5N2O5S. The lowest BCUT2D eigenvalue weighted by Gasteiger charge is -2.36. The van der Waals surface area contributed by atoms with Crippen LogP contribution in [-0.2, 0) is 19.6 Å². The van der Waals surface area contributed by atoms with Gasteiger partial charge in [0.15, 0.2) is 17.8 Å². The number of halogens is 5. The number of alkyl halides is 3. The van der Waals surface area contributed by atoms with Crippen LogP contribution in [0.1, 0.15) is 29.7 Å². The Morgan fingerprint density at radius 1 is 1.12 bits per heavy atom. The van der Waals surface area contributed by atoms with Gasteiger partial charge in [0.25, 0.3) is 0 Å². The summed E-state index contributed by atoms with van der Waals surface area (Å²) in [6.07, 6.45) is -6.95. The molecule has 1 aliphatic heterocycles. The fourth-order valence-electron chi connectivity index (χ4n) is 3.62. The first-order valence-corrected chi connectivity index (χ1v) is 11.8. The lowest BCUT2D eigenvalue weighted by atomic mass is 9.90. The van der Waals surface area contributed by atoms with Gasteiger partial charge >= 0.3 is 12.1 Å². The summed E-state index contributed by atoms with van der Waals surface area (Å²) in [5.41, 5.74) is 5.57. The van der Waals surface area contributed by atoms with Crippen molar-refractivity contribution in [2.75, 3.05) is 19.3 Å². The van der Waals surface area contributed by atoms with Crippen molar-refractivity contribution in [3.8, 4) is 5.75 Å². The number of hydrogen-bond donors (Lipinski definition) is 1. The van der Waals surface area contributed by atoms with Crippen LogP contribution in [0, 0.1) is 11.6 Å². The lowest BCUT2D eigenvalue weighted by Crippen LogP contribution is -2.47. The van der Waals surface area contributed by atoms with Gasteiger partial charge in [-0.2, -0.15) is 17.5 Å². The van der Waals surface area contributed by atoms with Crippen LogP contribution in [0.25, 0.3) is 0 Å². The van der Waals surface area contributed by atoms with Gasteiger partial charge in [0, 0.05) is 18.0 Å². The van der Waals surface area contributed by atoms with E-state index < -0.39 is 57.8 Å². The molecule has 1 unspecified atom stereocenters. The van der Waals surface area contributed by atoms with E-state index >= 15 is 0 Å². The fourth-order valence-corrected chi connectivity index (χ4v) is 4.51. The molecule has 1 aliphatic rings. The Morgan fingerprint density at radius 3 is 2.41 bits per heavy atom. The maximum absolute atomic E-state index is 14.4. The van der Waals surface area contributed by atoms with Gasteiger partial charge < -0.3 is 9.47 Å². The first-order valence-electron chi connectivity index (χ1n) is 9.94. The number of ether oxygens (including phenoxy) is 2. The molecule has 34 heavy (non-hydrogen) atoms. The number of rotatable bonds is 6. The molecule has 186 valence electrons. The SMILES string of the molecule is CS(=O)(=O)N1C[C@H](Oc2cc(C(N)OC(=O)C(F)(F)F)ccc2F)C[C@H](c2ccccc2F)C1. The van der Waals surface area contributed by atoms with Crippen molar-refractivity contribution >= 4 is 16.0 Å². The maximum atomic E-state index is 14.4. The van der Waals surface area contributed by atoms with E-state index in [9.17, 15) is 35.2 Å². The summed E-state index contributed by atoms with van der Waals surface area (Å²) in [5, 5.41) is 0. The van der Waals surface area contributed by atoms with Crippen LogP contribution >= 0.6 is 0 Å². The molecule has 0 aliphatic carbocycles.